The summed E-state index contributed by atoms with van der Waals surface area (Å²) in [6, 6.07) is 5.59. The van der Waals surface area contributed by atoms with Crippen LogP contribution in [-0.4, -0.2) is 35.3 Å². The van der Waals surface area contributed by atoms with Crippen LogP contribution in [0, 0.1) is 27.7 Å². The van der Waals surface area contributed by atoms with E-state index >= 15 is 0 Å². The summed E-state index contributed by atoms with van der Waals surface area (Å²) >= 11 is 0. The molecule has 0 amide bonds. The fourth-order valence-corrected chi connectivity index (χ4v) is 3.32. The number of aliphatic hydroxyl groups is 1. The van der Waals surface area contributed by atoms with Crippen LogP contribution >= 0.6 is 0 Å². The molecule has 152 valence electrons. The Kier molecular flexibility index (Phi) is 7.02. The summed E-state index contributed by atoms with van der Waals surface area (Å²) in [6.45, 7) is 11.5. The molecule has 0 bridgehead atoms. The van der Waals surface area contributed by atoms with Gasteiger partial charge in [-0.1, -0.05) is 24.6 Å². The quantitative estimate of drug-likeness (QED) is 0.684. The minimum atomic E-state index is -0.588. The number of aliphatic hydroxyl groups excluding tert-OH is 1. The second kappa shape index (κ2) is 9.06. The summed E-state index contributed by atoms with van der Waals surface area (Å²) < 4.78 is 11.1. The molecule has 1 heterocycles. The molecule has 2 aromatic rings. The number of nitrogens with one attached hydrogen (secondary N) is 1. The molecule has 0 saturated heterocycles. The number of hydrogen-bond acceptors (Lipinski definition) is 6. The van der Waals surface area contributed by atoms with Gasteiger partial charge in [-0.05, 0) is 58.2 Å². The van der Waals surface area contributed by atoms with E-state index in [4.69, 9.17) is 9.47 Å². The molecular weight excluding hydrogens is 356 g/mol. The number of benzene rings is 1. The summed E-state index contributed by atoms with van der Waals surface area (Å²) in [5.74, 6) is 0.306. The fourth-order valence-electron chi connectivity index (χ4n) is 3.32. The van der Waals surface area contributed by atoms with Crippen molar-refractivity contribution in [1.82, 2.24) is 4.98 Å². The number of methoxy groups -OCH3 is 1. The molecule has 2 N–H and O–H groups in total. The van der Waals surface area contributed by atoms with Crippen molar-refractivity contribution in [3.05, 3.63) is 46.1 Å². The highest BCUT2D eigenvalue weighted by atomic mass is 16.5. The van der Waals surface area contributed by atoms with Gasteiger partial charge in [-0.15, -0.1) is 0 Å². The third-order valence-corrected chi connectivity index (χ3v) is 4.67. The lowest BCUT2D eigenvalue weighted by Gasteiger charge is -2.24. The third-order valence-electron chi connectivity index (χ3n) is 4.67. The van der Waals surface area contributed by atoms with Crippen LogP contribution in [0.15, 0.2) is 18.2 Å². The summed E-state index contributed by atoms with van der Waals surface area (Å²) in [5.41, 5.74) is 4.49. The lowest BCUT2D eigenvalue weighted by atomic mass is 10.1. The minimum Gasteiger partial charge on any atom is -0.465 e. The van der Waals surface area contributed by atoms with Crippen molar-refractivity contribution in [2.45, 2.75) is 60.1 Å². The normalized spacial score (nSPS) is 13.0. The molecule has 0 aliphatic carbocycles. The van der Waals surface area contributed by atoms with Crippen LogP contribution in [0.5, 0.6) is 11.6 Å². The lowest BCUT2D eigenvalue weighted by molar-refractivity contribution is 0.0597. The average Bonchev–Trinajstić information content (AvgIpc) is 2.61. The van der Waals surface area contributed by atoms with Gasteiger partial charge in [0.1, 0.15) is 11.3 Å². The molecule has 2 unspecified atom stereocenters. The van der Waals surface area contributed by atoms with Crippen molar-refractivity contribution in [1.29, 1.82) is 0 Å². The van der Waals surface area contributed by atoms with Crippen molar-refractivity contribution in [2.24, 2.45) is 0 Å². The molecule has 28 heavy (non-hydrogen) atoms. The number of anilines is 1. The maximum absolute atomic E-state index is 12.6. The first-order valence-corrected chi connectivity index (χ1v) is 9.48. The topological polar surface area (TPSA) is 80.7 Å². The second-order valence-corrected chi connectivity index (χ2v) is 7.21. The number of esters is 1. The van der Waals surface area contributed by atoms with Crippen LogP contribution in [0.25, 0.3) is 0 Å². The number of carbonyl (C=O) groups is 1. The highest BCUT2D eigenvalue weighted by Crippen LogP contribution is 2.34. The molecule has 0 aliphatic rings. The number of ether oxygens (including phenoxy) is 2. The molecule has 0 spiro atoms. The second-order valence-electron chi connectivity index (χ2n) is 7.21. The van der Waals surface area contributed by atoms with Crippen LogP contribution < -0.4 is 10.1 Å². The van der Waals surface area contributed by atoms with Crippen LogP contribution in [0.3, 0.4) is 0 Å². The molecule has 0 radical (unpaired) electrons. The van der Waals surface area contributed by atoms with Gasteiger partial charge < -0.3 is 19.9 Å². The molecule has 2 atom stereocenters. The Labute approximate surface area is 166 Å². The van der Waals surface area contributed by atoms with E-state index in [0.717, 1.165) is 16.7 Å². The van der Waals surface area contributed by atoms with Gasteiger partial charge in [0.05, 0.1) is 24.9 Å². The van der Waals surface area contributed by atoms with Crippen molar-refractivity contribution in [3.8, 4) is 11.6 Å². The smallest absolute Gasteiger partial charge is 0.345 e. The maximum Gasteiger partial charge on any atom is 0.345 e. The monoisotopic (exact) mass is 386 g/mol. The van der Waals surface area contributed by atoms with E-state index in [1.165, 1.54) is 7.11 Å². The van der Waals surface area contributed by atoms with Crippen molar-refractivity contribution in [3.63, 3.8) is 0 Å². The molecule has 1 aromatic carbocycles. The van der Waals surface area contributed by atoms with Gasteiger partial charge in [-0.3, -0.25) is 0 Å². The number of aryl methyl sites for hydroxylation is 4. The number of rotatable bonds is 7. The minimum absolute atomic E-state index is 0.185. The van der Waals surface area contributed by atoms with E-state index in [2.05, 4.69) is 10.3 Å². The van der Waals surface area contributed by atoms with E-state index in [1.807, 2.05) is 46.8 Å². The summed E-state index contributed by atoms with van der Waals surface area (Å²) in [5, 5.41) is 13.3. The predicted octanol–water partition coefficient (Wildman–Crippen LogP) is 4.47. The van der Waals surface area contributed by atoms with E-state index in [9.17, 15) is 9.90 Å². The largest absolute Gasteiger partial charge is 0.465 e. The van der Waals surface area contributed by atoms with E-state index in [1.54, 1.807) is 13.0 Å². The molecule has 6 heteroatoms. The van der Waals surface area contributed by atoms with Crippen LogP contribution in [0.2, 0.25) is 0 Å². The Morgan fingerprint density at radius 1 is 1.18 bits per heavy atom. The number of aromatic nitrogens is 1. The predicted molar refractivity (Wildman–Crippen MR) is 110 cm³/mol. The lowest BCUT2D eigenvalue weighted by Crippen LogP contribution is -2.31. The average molecular weight is 386 g/mol. The Bertz CT molecular complexity index is 839. The molecule has 0 aliphatic heterocycles. The molecule has 2 rings (SSSR count). The third kappa shape index (κ3) is 4.81. The number of carbonyl (C=O) groups excluding carboxylic acids is 1. The first kappa shape index (κ1) is 21.7. The van der Waals surface area contributed by atoms with Crippen molar-refractivity contribution in [2.75, 3.05) is 12.4 Å². The first-order chi connectivity index (χ1) is 13.2. The van der Waals surface area contributed by atoms with E-state index in [-0.39, 0.29) is 17.5 Å². The van der Waals surface area contributed by atoms with E-state index < -0.39 is 12.1 Å². The maximum atomic E-state index is 12.6. The van der Waals surface area contributed by atoms with E-state index in [0.29, 0.717) is 23.6 Å². The Morgan fingerprint density at radius 3 is 2.29 bits per heavy atom. The van der Waals surface area contributed by atoms with Crippen LogP contribution in [0.1, 0.15) is 53.0 Å². The van der Waals surface area contributed by atoms with Crippen LogP contribution in [0.4, 0.5) is 5.69 Å². The van der Waals surface area contributed by atoms with Gasteiger partial charge >= 0.3 is 5.97 Å². The zero-order valence-electron chi connectivity index (χ0n) is 17.7. The Morgan fingerprint density at radius 2 is 1.79 bits per heavy atom. The molecule has 0 saturated carbocycles. The van der Waals surface area contributed by atoms with Gasteiger partial charge in [-0.2, -0.15) is 0 Å². The Balaban J connectivity index is 2.59. The van der Waals surface area contributed by atoms with Gasteiger partial charge in [-0.25, -0.2) is 9.78 Å². The highest BCUT2D eigenvalue weighted by molar-refractivity contribution is 5.98. The molecule has 1 aromatic heterocycles. The highest BCUT2D eigenvalue weighted by Gasteiger charge is 2.25. The number of nitrogens with zero attached hydrogens (tertiary/aromatic N) is 1. The molecular formula is C22H30N2O4. The molecule has 6 nitrogen and oxygen atoms in total. The van der Waals surface area contributed by atoms with Crippen LogP contribution in [-0.2, 0) is 4.74 Å². The summed E-state index contributed by atoms with van der Waals surface area (Å²) in [4.78, 5) is 17.0. The summed E-state index contributed by atoms with van der Waals surface area (Å²) in [7, 11) is 1.32. The zero-order chi connectivity index (χ0) is 21.0. The van der Waals surface area contributed by atoms with Gasteiger partial charge in [0.15, 0.2) is 0 Å². The fraction of sp³-hybridized carbons (Fsp3) is 0.455. The van der Waals surface area contributed by atoms with Gasteiger partial charge in [0, 0.05) is 5.69 Å². The number of hydrogen-bond donors (Lipinski definition) is 2. The number of pyridine rings is 1. The van der Waals surface area contributed by atoms with Crippen molar-refractivity contribution < 1.29 is 19.4 Å². The standard InChI is InChI=1S/C22H30N2O4/c1-8-17(16(6)25)24-18-11-15(5)23-21(19(18)22(26)27-7)28-20-13(3)9-12(2)10-14(20)4/h9-11,16-17,25H,8H2,1-7H3,(H,23,24). The first-order valence-electron chi connectivity index (χ1n) is 9.48. The summed E-state index contributed by atoms with van der Waals surface area (Å²) in [6.07, 6.45) is 0.0985. The Hall–Kier alpha value is -2.60. The SMILES string of the molecule is CCC(Nc1cc(C)nc(Oc2c(C)cc(C)cc2C)c1C(=O)OC)C(C)O. The van der Waals surface area contributed by atoms with Crippen molar-refractivity contribution >= 4 is 11.7 Å². The van der Waals surface area contributed by atoms with Gasteiger partial charge in [0.2, 0.25) is 5.88 Å². The van der Waals surface area contributed by atoms with Gasteiger partial charge in [0.25, 0.3) is 0 Å². The molecule has 0 fully saturated rings. The zero-order valence-corrected chi connectivity index (χ0v) is 17.7.